The summed E-state index contributed by atoms with van der Waals surface area (Å²) in [4.78, 5) is -0.313. The molecule has 0 aliphatic heterocycles. The molecule has 0 saturated carbocycles. The van der Waals surface area contributed by atoms with E-state index in [0.29, 0.717) is 0 Å². The third-order valence-electron chi connectivity index (χ3n) is 2.73. The highest BCUT2D eigenvalue weighted by Crippen LogP contribution is 2.24. The average molecular weight is 349 g/mol. The van der Waals surface area contributed by atoms with Gasteiger partial charge in [0.2, 0.25) is 10.0 Å². The van der Waals surface area contributed by atoms with E-state index in [2.05, 4.69) is 14.6 Å². The minimum Gasteiger partial charge on any atom is -0.406 e. The maximum absolute atomic E-state index is 12.2. The third kappa shape index (κ3) is 5.25. The largest absolute Gasteiger partial charge is 0.573 e. The van der Waals surface area contributed by atoms with Crippen LogP contribution in [0.2, 0.25) is 0 Å². The Kier molecular flexibility index (Phi) is 4.95. The van der Waals surface area contributed by atoms with Crippen LogP contribution in [-0.2, 0) is 16.6 Å². The standard InChI is InChI=1S/C13H14F3N3O3S/c1-10(9-19-7-3-6-17-19)18-23(20,21)12-5-2-4-11(8-12)22-13(14,15)16/h2-8,10,18H,9H2,1H3. The lowest BCUT2D eigenvalue weighted by Crippen LogP contribution is -2.35. The second-order valence-electron chi connectivity index (χ2n) is 4.77. The van der Waals surface area contributed by atoms with Crippen molar-refractivity contribution in [1.29, 1.82) is 0 Å². The van der Waals surface area contributed by atoms with Crippen molar-refractivity contribution in [1.82, 2.24) is 14.5 Å². The predicted octanol–water partition coefficient (Wildman–Crippen LogP) is 2.15. The first-order chi connectivity index (χ1) is 10.7. The molecule has 0 spiro atoms. The maximum atomic E-state index is 12.2. The molecule has 0 saturated heterocycles. The van der Waals surface area contributed by atoms with E-state index >= 15 is 0 Å². The van der Waals surface area contributed by atoms with E-state index in [-0.39, 0.29) is 11.4 Å². The molecule has 10 heteroatoms. The zero-order valence-corrected chi connectivity index (χ0v) is 12.8. The number of ether oxygens (including phenoxy) is 1. The number of hydrogen-bond donors (Lipinski definition) is 1. The highest BCUT2D eigenvalue weighted by atomic mass is 32.2. The summed E-state index contributed by atoms with van der Waals surface area (Å²) in [6, 6.07) is 5.39. The lowest BCUT2D eigenvalue weighted by Gasteiger charge is -2.15. The van der Waals surface area contributed by atoms with Gasteiger partial charge in [0.05, 0.1) is 11.4 Å². The van der Waals surface area contributed by atoms with Crippen molar-refractivity contribution >= 4 is 10.0 Å². The first kappa shape index (κ1) is 17.3. The summed E-state index contributed by atoms with van der Waals surface area (Å²) in [6.07, 6.45) is -1.66. The van der Waals surface area contributed by atoms with Crippen LogP contribution in [0.4, 0.5) is 13.2 Å². The van der Waals surface area contributed by atoms with Crippen molar-refractivity contribution in [3.63, 3.8) is 0 Å². The Hall–Kier alpha value is -2.07. The van der Waals surface area contributed by atoms with Gasteiger partial charge in [0.15, 0.2) is 0 Å². The van der Waals surface area contributed by atoms with Crippen LogP contribution in [0.3, 0.4) is 0 Å². The van der Waals surface area contributed by atoms with Gasteiger partial charge in [-0.25, -0.2) is 13.1 Å². The van der Waals surface area contributed by atoms with Crippen LogP contribution >= 0.6 is 0 Å². The molecule has 2 aromatic rings. The molecule has 0 aliphatic carbocycles. The van der Waals surface area contributed by atoms with Crippen molar-refractivity contribution in [3.8, 4) is 5.75 Å². The maximum Gasteiger partial charge on any atom is 0.573 e. The second-order valence-corrected chi connectivity index (χ2v) is 6.49. The molecule has 2 rings (SSSR count). The van der Waals surface area contributed by atoms with Crippen molar-refractivity contribution in [2.75, 3.05) is 0 Å². The van der Waals surface area contributed by atoms with E-state index in [1.165, 1.54) is 16.8 Å². The highest BCUT2D eigenvalue weighted by molar-refractivity contribution is 7.89. The fourth-order valence-corrected chi connectivity index (χ4v) is 3.17. The Morgan fingerprint density at radius 3 is 2.70 bits per heavy atom. The molecular formula is C13H14F3N3O3S. The molecule has 1 N–H and O–H groups in total. The molecule has 1 heterocycles. The molecule has 0 fully saturated rings. The van der Waals surface area contributed by atoms with E-state index < -0.39 is 28.2 Å². The topological polar surface area (TPSA) is 73.2 Å². The number of nitrogens with one attached hydrogen (secondary N) is 1. The lowest BCUT2D eigenvalue weighted by atomic mass is 10.3. The minimum absolute atomic E-state index is 0.283. The number of aromatic nitrogens is 2. The van der Waals surface area contributed by atoms with Gasteiger partial charge in [-0.1, -0.05) is 6.07 Å². The van der Waals surface area contributed by atoms with Crippen LogP contribution in [0.1, 0.15) is 6.92 Å². The van der Waals surface area contributed by atoms with Gasteiger partial charge in [0.1, 0.15) is 5.75 Å². The summed E-state index contributed by atoms with van der Waals surface area (Å²) >= 11 is 0. The number of halogens is 3. The average Bonchev–Trinajstić information content (AvgIpc) is 2.89. The molecule has 23 heavy (non-hydrogen) atoms. The van der Waals surface area contributed by atoms with Crippen LogP contribution in [-0.4, -0.2) is 30.6 Å². The molecule has 1 unspecified atom stereocenters. The summed E-state index contributed by atoms with van der Waals surface area (Å²) in [5.41, 5.74) is 0. The molecular weight excluding hydrogens is 335 g/mol. The predicted molar refractivity (Wildman–Crippen MR) is 75.1 cm³/mol. The first-order valence-corrected chi connectivity index (χ1v) is 7.99. The lowest BCUT2D eigenvalue weighted by molar-refractivity contribution is -0.274. The smallest absolute Gasteiger partial charge is 0.406 e. The van der Waals surface area contributed by atoms with Crippen molar-refractivity contribution in [2.24, 2.45) is 0 Å². The second kappa shape index (κ2) is 6.59. The van der Waals surface area contributed by atoms with E-state index in [0.717, 1.165) is 12.1 Å². The van der Waals surface area contributed by atoms with Crippen LogP contribution < -0.4 is 9.46 Å². The minimum atomic E-state index is -4.89. The molecule has 1 atom stereocenters. The van der Waals surface area contributed by atoms with Crippen LogP contribution in [0.5, 0.6) is 5.75 Å². The van der Waals surface area contributed by atoms with Crippen molar-refractivity contribution < 1.29 is 26.3 Å². The number of sulfonamides is 1. The van der Waals surface area contributed by atoms with E-state index in [9.17, 15) is 21.6 Å². The Balaban J connectivity index is 2.11. The number of alkyl halides is 3. The molecule has 0 radical (unpaired) electrons. The van der Waals surface area contributed by atoms with Gasteiger partial charge < -0.3 is 4.74 Å². The summed E-state index contributed by atoms with van der Waals surface area (Å²) in [5.74, 6) is -0.597. The number of rotatable bonds is 6. The zero-order valence-electron chi connectivity index (χ0n) is 12.0. The van der Waals surface area contributed by atoms with Crippen LogP contribution in [0, 0.1) is 0 Å². The summed E-state index contributed by atoms with van der Waals surface area (Å²) in [5, 5.41) is 3.95. The quantitative estimate of drug-likeness (QED) is 0.867. The van der Waals surface area contributed by atoms with Gasteiger partial charge in [-0.05, 0) is 25.1 Å². The monoisotopic (exact) mass is 349 g/mol. The molecule has 0 aliphatic rings. The zero-order chi connectivity index (χ0) is 17.1. The van der Waals surface area contributed by atoms with E-state index in [4.69, 9.17) is 0 Å². The summed E-state index contributed by atoms with van der Waals surface area (Å²) in [6.45, 7) is 1.90. The molecule has 6 nitrogen and oxygen atoms in total. The number of nitrogens with zero attached hydrogens (tertiary/aromatic N) is 2. The Morgan fingerprint density at radius 1 is 1.35 bits per heavy atom. The number of benzene rings is 1. The Labute approximate surface area is 130 Å². The van der Waals surface area contributed by atoms with Crippen molar-refractivity contribution in [2.45, 2.75) is 30.8 Å². The van der Waals surface area contributed by atoms with Gasteiger partial charge in [0.25, 0.3) is 0 Å². The Morgan fingerprint density at radius 2 is 2.09 bits per heavy atom. The SMILES string of the molecule is CC(Cn1cccn1)NS(=O)(=O)c1cccc(OC(F)(F)F)c1. The van der Waals surface area contributed by atoms with E-state index in [1.807, 2.05) is 0 Å². The van der Waals surface area contributed by atoms with E-state index in [1.54, 1.807) is 25.4 Å². The molecule has 0 amide bonds. The molecule has 1 aromatic heterocycles. The van der Waals surface area contributed by atoms with Gasteiger partial charge in [-0.2, -0.15) is 5.10 Å². The van der Waals surface area contributed by atoms with Gasteiger partial charge in [-0.3, -0.25) is 4.68 Å². The van der Waals surface area contributed by atoms with Crippen LogP contribution in [0.25, 0.3) is 0 Å². The molecule has 0 bridgehead atoms. The summed E-state index contributed by atoms with van der Waals surface area (Å²) < 4.78 is 68.6. The fourth-order valence-electron chi connectivity index (χ4n) is 1.90. The third-order valence-corrected chi connectivity index (χ3v) is 4.31. The van der Waals surface area contributed by atoms with Gasteiger partial charge in [-0.15, -0.1) is 13.2 Å². The normalized spacial score (nSPS) is 13.7. The molecule has 126 valence electrons. The van der Waals surface area contributed by atoms with Gasteiger partial charge in [0, 0.05) is 24.5 Å². The summed E-state index contributed by atoms with van der Waals surface area (Å²) in [7, 11) is -3.98. The van der Waals surface area contributed by atoms with Gasteiger partial charge >= 0.3 is 6.36 Å². The molecule has 1 aromatic carbocycles. The number of hydrogen-bond acceptors (Lipinski definition) is 4. The fraction of sp³-hybridized carbons (Fsp3) is 0.308. The Bertz CT molecular complexity index is 745. The van der Waals surface area contributed by atoms with Crippen molar-refractivity contribution in [3.05, 3.63) is 42.7 Å². The highest BCUT2D eigenvalue weighted by Gasteiger charge is 2.31. The first-order valence-electron chi connectivity index (χ1n) is 6.51. The van der Waals surface area contributed by atoms with Crippen LogP contribution in [0.15, 0.2) is 47.6 Å².